The molecule has 0 fully saturated rings. The number of carbonyl (C=O) groups is 1. The Bertz CT molecular complexity index is 1410. The average molecular weight is 499 g/mol. The lowest BCUT2D eigenvalue weighted by atomic mass is 9.97. The van der Waals surface area contributed by atoms with Crippen LogP contribution in [0.3, 0.4) is 0 Å². The molecule has 0 bridgehead atoms. The number of fused-ring (bicyclic) bond motifs is 1. The Kier molecular flexibility index (Phi) is 7.52. The van der Waals surface area contributed by atoms with Crippen LogP contribution in [-0.4, -0.2) is 41.3 Å². The number of allylic oxidation sites excluding steroid dienone is 1. The molecule has 1 aliphatic rings. The van der Waals surface area contributed by atoms with E-state index in [2.05, 4.69) is 15.1 Å². The molecule has 2 heterocycles. The van der Waals surface area contributed by atoms with Crippen LogP contribution in [0.25, 0.3) is 6.08 Å². The second-order valence-corrected chi connectivity index (χ2v) is 8.81. The van der Waals surface area contributed by atoms with Crippen molar-refractivity contribution in [2.45, 2.75) is 26.3 Å². The summed E-state index contributed by atoms with van der Waals surface area (Å²) in [7, 11) is 3.12. The third-order valence-corrected chi connectivity index (χ3v) is 5.90. The number of nitrogens with zero attached hydrogens (tertiary/aromatic N) is 4. The molecule has 0 aliphatic carbocycles. The lowest BCUT2D eigenvalue weighted by Crippen LogP contribution is -2.31. The van der Waals surface area contributed by atoms with Crippen molar-refractivity contribution in [3.05, 3.63) is 88.1 Å². The maximum atomic E-state index is 13.4. The number of aromatic nitrogens is 2. The molecule has 0 saturated carbocycles. The average Bonchev–Trinajstić information content (AvgIpc) is 2.88. The standard InChI is InChI=1S/C28H30N6O3/c1-17(2)11-23-22-8-6-5-7-20(22)16-32-34(23)25(35)10-9-19-12-18(14-24(36-3)26(19)37-4)13-21-15-31-28(30)33-27(21)29/h5-12,14-16,23H,13H2,1-4H3,(H4,29,30,31,33)/b10-9+. The number of hydrogen-bond donors (Lipinski definition) is 2. The number of hydrogen-bond acceptors (Lipinski definition) is 8. The van der Waals surface area contributed by atoms with Gasteiger partial charge in [-0.05, 0) is 43.2 Å². The zero-order valence-corrected chi connectivity index (χ0v) is 21.3. The van der Waals surface area contributed by atoms with Gasteiger partial charge in [0.1, 0.15) is 5.82 Å². The molecule has 0 saturated heterocycles. The SMILES string of the molecule is COc1cc(Cc2cnc(N)nc2N)cc(/C=C/C(=O)N2N=Cc3ccccc3C2C=C(C)C)c1OC. The molecule has 3 aromatic rings. The topological polar surface area (TPSA) is 129 Å². The van der Waals surface area contributed by atoms with E-state index in [9.17, 15) is 4.79 Å². The second kappa shape index (κ2) is 10.9. The van der Waals surface area contributed by atoms with Crippen LogP contribution in [0, 0.1) is 0 Å². The Morgan fingerprint density at radius 1 is 1.14 bits per heavy atom. The van der Waals surface area contributed by atoms with Crippen LogP contribution < -0.4 is 20.9 Å². The number of rotatable bonds is 7. The highest BCUT2D eigenvalue weighted by Crippen LogP contribution is 2.35. The van der Waals surface area contributed by atoms with Gasteiger partial charge in [0.25, 0.3) is 5.91 Å². The number of amides is 1. The Hall–Kier alpha value is -4.66. The minimum absolute atomic E-state index is 0.116. The summed E-state index contributed by atoms with van der Waals surface area (Å²) in [6.07, 6.45) is 8.97. The van der Waals surface area contributed by atoms with Gasteiger partial charge in [-0.1, -0.05) is 35.9 Å². The van der Waals surface area contributed by atoms with Gasteiger partial charge in [0.05, 0.1) is 26.5 Å². The number of methoxy groups -OCH3 is 2. The van der Waals surface area contributed by atoms with Gasteiger partial charge in [0, 0.05) is 35.4 Å². The Balaban J connectivity index is 1.67. The molecule has 2 aromatic carbocycles. The fraction of sp³-hybridized carbons (Fsp3) is 0.214. The van der Waals surface area contributed by atoms with E-state index in [-0.39, 0.29) is 17.9 Å². The predicted octanol–water partition coefficient (Wildman–Crippen LogP) is 4.15. The highest BCUT2D eigenvalue weighted by Gasteiger charge is 2.26. The van der Waals surface area contributed by atoms with E-state index in [0.29, 0.717) is 29.3 Å². The van der Waals surface area contributed by atoms with Crippen LogP contribution in [0.4, 0.5) is 11.8 Å². The first kappa shape index (κ1) is 25.4. The minimum Gasteiger partial charge on any atom is -0.493 e. The molecule has 9 nitrogen and oxygen atoms in total. The molecule has 1 aromatic heterocycles. The van der Waals surface area contributed by atoms with Crippen LogP contribution in [0.5, 0.6) is 11.5 Å². The number of hydrazone groups is 1. The highest BCUT2D eigenvalue weighted by molar-refractivity contribution is 5.95. The summed E-state index contributed by atoms with van der Waals surface area (Å²) in [5, 5.41) is 5.93. The molecule has 190 valence electrons. The molecule has 37 heavy (non-hydrogen) atoms. The Morgan fingerprint density at radius 3 is 2.62 bits per heavy atom. The van der Waals surface area contributed by atoms with E-state index in [0.717, 1.165) is 27.8 Å². The number of ether oxygens (including phenoxy) is 2. The first-order valence-corrected chi connectivity index (χ1v) is 11.7. The van der Waals surface area contributed by atoms with Gasteiger partial charge in [-0.2, -0.15) is 10.1 Å². The fourth-order valence-corrected chi connectivity index (χ4v) is 4.20. The summed E-state index contributed by atoms with van der Waals surface area (Å²) >= 11 is 0. The van der Waals surface area contributed by atoms with Crippen LogP contribution in [0.2, 0.25) is 0 Å². The van der Waals surface area contributed by atoms with Gasteiger partial charge in [-0.25, -0.2) is 9.99 Å². The van der Waals surface area contributed by atoms with Gasteiger partial charge in [-0.3, -0.25) is 4.79 Å². The van der Waals surface area contributed by atoms with E-state index < -0.39 is 0 Å². The van der Waals surface area contributed by atoms with Crippen LogP contribution >= 0.6 is 0 Å². The van der Waals surface area contributed by atoms with E-state index in [1.807, 2.05) is 56.3 Å². The predicted molar refractivity (Wildman–Crippen MR) is 145 cm³/mol. The number of anilines is 2. The quantitative estimate of drug-likeness (QED) is 0.370. The molecule has 0 radical (unpaired) electrons. The smallest absolute Gasteiger partial charge is 0.267 e. The molecule has 0 spiro atoms. The van der Waals surface area contributed by atoms with Gasteiger partial charge in [-0.15, -0.1) is 0 Å². The number of benzene rings is 2. The largest absolute Gasteiger partial charge is 0.493 e. The second-order valence-electron chi connectivity index (χ2n) is 8.81. The molecular formula is C28H30N6O3. The summed E-state index contributed by atoms with van der Waals surface area (Å²) in [6.45, 7) is 4.00. The van der Waals surface area contributed by atoms with Gasteiger partial charge < -0.3 is 20.9 Å². The summed E-state index contributed by atoms with van der Waals surface area (Å²) < 4.78 is 11.2. The summed E-state index contributed by atoms with van der Waals surface area (Å²) in [5.41, 5.74) is 17.0. The minimum atomic E-state index is -0.306. The molecule has 9 heteroatoms. The number of carbonyl (C=O) groups excluding carboxylic acids is 1. The van der Waals surface area contributed by atoms with Crippen molar-refractivity contribution in [3.63, 3.8) is 0 Å². The fourth-order valence-electron chi connectivity index (χ4n) is 4.20. The number of nitrogens with two attached hydrogens (primary N) is 2. The van der Waals surface area contributed by atoms with Crippen molar-refractivity contribution >= 4 is 30.0 Å². The van der Waals surface area contributed by atoms with E-state index in [4.69, 9.17) is 20.9 Å². The number of nitrogen functional groups attached to an aromatic ring is 2. The lowest BCUT2D eigenvalue weighted by Gasteiger charge is -2.29. The van der Waals surface area contributed by atoms with Crippen molar-refractivity contribution in [3.8, 4) is 11.5 Å². The summed E-state index contributed by atoms with van der Waals surface area (Å²) in [6, 6.07) is 11.4. The van der Waals surface area contributed by atoms with E-state index in [1.165, 1.54) is 11.1 Å². The normalized spacial score (nSPS) is 14.4. The monoisotopic (exact) mass is 498 g/mol. The Labute approximate surface area is 216 Å². The van der Waals surface area contributed by atoms with Crippen LogP contribution in [-0.2, 0) is 11.2 Å². The van der Waals surface area contributed by atoms with Crippen molar-refractivity contribution < 1.29 is 14.3 Å². The molecule has 4 rings (SSSR count). The Morgan fingerprint density at radius 2 is 1.92 bits per heavy atom. The summed E-state index contributed by atoms with van der Waals surface area (Å²) in [4.78, 5) is 21.4. The zero-order chi connectivity index (χ0) is 26.5. The van der Waals surface area contributed by atoms with Gasteiger partial charge in [0.2, 0.25) is 5.95 Å². The molecular weight excluding hydrogens is 468 g/mol. The highest BCUT2D eigenvalue weighted by atomic mass is 16.5. The van der Waals surface area contributed by atoms with Crippen LogP contribution in [0.15, 0.2) is 65.4 Å². The molecule has 1 aliphatic heterocycles. The van der Waals surface area contributed by atoms with Gasteiger partial charge in [0.15, 0.2) is 11.5 Å². The van der Waals surface area contributed by atoms with E-state index >= 15 is 0 Å². The third kappa shape index (κ3) is 5.61. The van der Waals surface area contributed by atoms with Gasteiger partial charge >= 0.3 is 0 Å². The maximum absolute atomic E-state index is 13.4. The first-order chi connectivity index (χ1) is 17.8. The third-order valence-electron chi connectivity index (χ3n) is 5.90. The first-order valence-electron chi connectivity index (χ1n) is 11.7. The molecule has 1 atom stereocenters. The maximum Gasteiger partial charge on any atom is 0.267 e. The van der Waals surface area contributed by atoms with Crippen molar-refractivity contribution in [1.82, 2.24) is 15.0 Å². The van der Waals surface area contributed by atoms with Crippen molar-refractivity contribution in [2.24, 2.45) is 5.10 Å². The van der Waals surface area contributed by atoms with Crippen molar-refractivity contribution in [1.29, 1.82) is 0 Å². The van der Waals surface area contributed by atoms with E-state index in [1.54, 1.807) is 32.7 Å². The van der Waals surface area contributed by atoms with Crippen molar-refractivity contribution in [2.75, 3.05) is 25.7 Å². The lowest BCUT2D eigenvalue weighted by molar-refractivity contribution is -0.127. The molecule has 4 N–H and O–H groups in total. The molecule has 1 unspecified atom stereocenters. The zero-order valence-electron chi connectivity index (χ0n) is 21.3. The van der Waals surface area contributed by atoms with Crippen LogP contribution in [0.1, 0.15) is 47.7 Å². The summed E-state index contributed by atoms with van der Waals surface area (Å²) in [5.74, 6) is 1.18. The molecule has 1 amide bonds.